The Morgan fingerprint density at radius 2 is 2.15 bits per heavy atom. The van der Waals surface area contributed by atoms with E-state index in [1.54, 1.807) is 30.5 Å². The largest absolute Gasteiger partial charge is 0.490 e. The summed E-state index contributed by atoms with van der Waals surface area (Å²) in [4.78, 5) is 12.1. The van der Waals surface area contributed by atoms with Crippen molar-refractivity contribution >= 4 is 50.6 Å². The summed E-state index contributed by atoms with van der Waals surface area (Å²) in [7, 11) is 0. The highest BCUT2D eigenvalue weighted by Gasteiger charge is 2.12. The molecule has 0 spiro atoms. The van der Waals surface area contributed by atoms with Crippen molar-refractivity contribution in [1.82, 2.24) is 5.43 Å². The van der Waals surface area contributed by atoms with Gasteiger partial charge in [0.15, 0.2) is 11.5 Å². The van der Waals surface area contributed by atoms with Crippen LogP contribution in [0.5, 0.6) is 11.5 Å². The van der Waals surface area contributed by atoms with Crippen molar-refractivity contribution in [2.75, 3.05) is 13.2 Å². The Bertz CT molecular complexity index is 862. The summed E-state index contributed by atoms with van der Waals surface area (Å²) in [6, 6.07) is 10.8. The Kier molecular flexibility index (Phi) is 7.94. The van der Waals surface area contributed by atoms with E-state index in [0.29, 0.717) is 28.1 Å². The number of terminal acetylenes is 1. The van der Waals surface area contributed by atoms with Crippen LogP contribution in [0.15, 0.2) is 46.0 Å². The van der Waals surface area contributed by atoms with Crippen LogP contribution in [-0.4, -0.2) is 25.3 Å². The molecule has 1 N–H and O–H groups in total. The molecule has 2 aromatic carbocycles. The molecule has 0 bridgehead atoms. The molecule has 1 amide bonds. The maximum Gasteiger partial charge on any atom is 0.272 e. The second kappa shape index (κ2) is 10.2. The zero-order chi connectivity index (χ0) is 18.9. The van der Waals surface area contributed by atoms with Gasteiger partial charge in [0.25, 0.3) is 5.91 Å². The molecule has 0 aliphatic rings. The molecule has 7 heteroatoms. The molecule has 0 atom stereocenters. The van der Waals surface area contributed by atoms with Crippen molar-refractivity contribution in [2.24, 2.45) is 5.10 Å². The normalized spacial score (nSPS) is 10.4. The standard InChI is InChI=1S/C19H16BrIN2O3/c1-3-9-26-18-16(21)10-13(11-17(18)25-4-2)12-22-23-19(24)14-7-5-6-8-15(14)20/h1,5-8,10-12H,4,9H2,2H3,(H,23,24)/b22-12+. The molecule has 0 radical (unpaired) electrons. The van der Waals surface area contributed by atoms with Gasteiger partial charge in [-0.15, -0.1) is 6.42 Å². The number of nitrogens with zero attached hydrogens (tertiary/aromatic N) is 1. The molecule has 0 heterocycles. The molecule has 0 saturated heterocycles. The molecule has 2 aromatic rings. The average molecular weight is 527 g/mol. The van der Waals surface area contributed by atoms with Crippen molar-refractivity contribution < 1.29 is 14.3 Å². The van der Waals surface area contributed by atoms with Crippen LogP contribution in [0, 0.1) is 15.9 Å². The predicted molar refractivity (Wildman–Crippen MR) is 114 cm³/mol. The topological polar surface area (TPSA) is 59.9 Å². The van der Waals surface area contributed by atoms with Crippen molar-refractivity contribution in [3.05, 3.63) is 55.6 Å². The third-order valence-corrected chi connectivity index (χ3v) is 4.62. The van der Waals surface area contributed by atoms with Gasteiger partial charge in [-0.1, -0.05) is 18.1 Å². The van der Waals surface area contributed by atoms with Crippen molar-refractivity contribution in [3.63, 3.8) is 0 Å². The highest BCUT2D eigenvalue weighted by atomic mass is 127. The number of hydrazone groups is 1. The second-order valence-electron chi connectivity index (χ2n) is 4.93. The summed E-state index contributed by atoms with van der Waals surface area (Å²) in [5, 5.41) is 4.02. The highest BCUT2D eigenvalue weighted by molar-refractivity contribution is 14.1. The van der Waals surface area contributed by atoms with Crippen molar-refractivity contribution in [2.45, 2.75) is 6.92 Å². The highest BCUT2D eigenvalue weighted by Crippen LogP contribution is 2.33. The summed E-state index contributed by atoms with van der Waals surface area (Å²) in [5.74, 6) is 3.31. The summed E-state index contributed by atoms with van der Waals surface area (Å²) in [6.07, 6.45) is 6.80. The Morgan fingerprint density at radius 1 is 1.38 bits per heavy atom. The summed E-state index contributed by atoms with van der Waals surface area (Å²) >= 11 is 5.48. The van der Waals surface area contributed by atoms with E-state index in [4.69, 9.17) is 15.9 Å². The zero-order valence-corrected chi connectivity index (χ0v) is 17.7. The van der Waals surface area contributed by atoms with E-state index >= 15 is 0 Å². The van der Waals surface area contributed by atoms with Gasteiger partial charge in [0.2, 0.25) is 0 Å². The zero-order valence-electron chi connectivity index (χ0n) is 14.0. The fourth-order valence-electron chi connectivity index (χ4n) is 2.05. The Labute approximate surface area is 174 Å². The number of halogens is 2. The first-order chi connectivity index (χ1) is 12.6. The first kappa shape index (κ1) is 20.3. The predicted octanol–water partition coefficient (Wildman–Crippen LogP) is 4.23. The summed E-state index contributed by atoms with van der Waals surface area (Å²) in [6.45, 7) is 2.53. The van der Waals surface area contributed by atoms with Gasteiger partial charge < -0.3 is 9.47 Å². The van der Waals surface area contributed by atoms with Crippen LogP contribution in [0.1, 0.15) is 22.8 Å². The third-order valence-electron chi connectivity index (χ3n) is 3.13. The fraction of sp³-hybridized carbons (Fsp3) is 0.158. The van der Waals surface area contributed by atoms with Gasteiger partial charge in [-0.05, 0) is 75.3 Å². The third kappa shape index (κ3) is 5.47. The van der Waals surface area contributed by atoms with Crippen LogP contribution in [0.3, 0.4) is 0 Å². The summed E-state index contributed by atoms with van der Waals surface area (Å²) < 4.78 is 12.7. The lowest BCUT2D eigenvalue weighted by Gasteiger charge is -2.13. The molecule has 0 aromatic heterocycles. The Balaban J connectivity index is 2.16. The van der Waals surface area contributed by atoms with E-state index in [2.05, 4.69) is 55.0 Å². The number of carbonyl (C=O) groups excluding carboxylic acids is 1. The first-order valence-electron chi connectivity index (χ1n) is 7.67. The maximum atomic E-state index is 12.1. The van der Waals surface area contributed by atoms with Gasteiger partial charge >= 0.3 is 0 Å². The van der Waals surface area contributed by atoms with Gasteiger partial charge in [0.05, 0.1) is 22.0 Å². The van der Waals surface area contributed by atoms with Crippen LogP contribution >= 0.6 is 38.5 Å². The lowest BCUT2D eigenvalue weighted by atomic mass is 10.2. The quantitative estimate of drug-likeness (QED) is 0.254. The molecular weight excluding hydrogens is 511 g/mol. The molecule has 5 nitrogen and oxygen atoms in total. The van der Waals surface area contributed by atoms with Crippen LogP contribution in [0.4, 0.5) is 0 Å². The van der Waals surface area contributed by atoms with Crippen molar-refractivity contribution in [1.29, 1.82) is 0 Å². The molecule has 2 rings (SSSR count). The number of amides is 1. The number of benzene rings is 2. The molecule has 0 aliphatic heterocycles. The minimum atomic E-state index is -0.303. The molecule has 0 unspecified atom stereocenters. The smallest absolute Gasteiger partial charge is 0.272 e. The lowest BCUT2D eigenvalue weighted by Crippen LogP contribution is -2.18. The SMILES string of the molecule is C#CCOc1c(I)cc(/C=N/NC(=O)c2ccccc2Br)cc1OCC. The minimum Gasteiger partial charge on any atom is -0.490 e. The molecule has 134 valence electrons. The number of rotatable bonds is 7. The lowest BCUT2D eigenvalue weighted by molar-refractivity contribution is 0.0954. The van der Waals surface area contributed by atoms with Crippen LogP contribution < -0.4 is 14.9 Å². The molecule has 26 heavy (non-hydrogen) atoms. The molecule has 0 aliphatic carbocycles. The Morgan fingerprint density at radius 3 is 2.85 bits per heavy atom. The number of carbonyl (C=O) groups is 1. The minimum absolute atomic E-state index is 0.158. The average Bonchev–Trinajstić information content (AvgIpc) is 2.61. The van der Waals surface area contributed by atoms with E-state index in [0.717, 1.165) is 9.13 Å². The van der Waals surface area contributed by atoms with Crippen LogP contribution in [0.25, 0.3) is 0 Å². The Hall–Kier alpha value is -2.05. The number of ether oxygens (including phenoxy) is 2. The van der Waals surface area contributed by atoms with Gasteiger partial charge in [0, 0.05) is 4.47 Å². The number of hydrogen-bond donors (Lipinski definition) is 1. The van der Waals surface area contributed by atoms with Gasteiger partial charge in [-0.2, -0.15) is 5.10 Å². The number of nitrogens with one attached hydrogen (secondary N) is 1. The van der Waals surface area contributed by atoms with Gasteiger partial charge in [0.1, 0.15) is 6.61 Å². The second-order valence-corrected chi connectivity index (χ2v) is 6.95. The van der Waals surface area contributed by atoms with E-state index in [1.165, 1.54) is 0 Å². The van der Waals surface area contributed by atoms with E-state index in [9.17, 15) is 4.79 Å². The van der Waals surface area contributed by atoms with E-state index in [-0.39, 0.29) is 12.5 Å². The van der Waals surface area contributed by atoms with Gasteiger partial charge in [-0.3, -0.25) is 4.79 Å². The molecule has 0 saturated carbocycles. The molecular formula is C19H16BrIN2O3. The van der Waals surface area contributed by atoms with Crippen LogP contribution in [0.2, 0.25) is 0 Å². The summed E-state index contributed by atoms with van der Waals surface area (Å²) in [5.41, 5.74) is 3.78. The van der Waals surface area contributed by atoms with E-state index in [1.807, 2.05) is 19.1 Å². The monoisotopic (exact) mass is 526 g/mol. The maximum absolute atomic E-state index is 12.1. The number of hydrogen-bond acceptors (Lipinski definition) is 4. The van der Waals surface area contributed by atoms with Crippen molar-refractivity contribution in [3.8, 4) is 23.8 Å². The fourth-order valence-corrected chi connectivity index (χ4v) is 3.30. The van der Waals surface area contributed by atoms with E-state index < -0.39 is 0 Å². The van der Waals surface area contributed by atoms with Crippen LogP contribution in [-0.2, 0) is 0 Å². The van der Waals surface area contributed by atoms with Gasteiger partial charge in [-0.25, -0.2) is 5.43 Å². The first-order valence-corrected chi connectivity index (χ1v) is 9.54. The molecule has 0 fully saturated rings.